The van der Waals surface area contributed by atoms with E-state index in [4.69, 9.17) is 4.74 Å². The molecule has 0 aromatic heterocycles. The first-order valence-corrected chi connectivity index (χ1v) is 9.63. The van der Waals surface area contributed by atoms with Gasteiger partial charge in [-0.15, -0.1) is 0 Å². The highest BCUT2D eigenvalue weighted by Gasteiger charge is 2.43. The summed E-state index contributed by atoms with van der Waals surface area (Å²) in [5.74, 6) is -0.766. The molecule has 1 saturated carbocycles. The normalized spacial score (nSPS) is 22.7. The number of aliphatic imine (C=N–C) groups is 1. The van der Waals surface area contributed by atoms with Crippen molar-refractivity contribution in [1.82, 2.24) is 0 Å². The molecule has 0 radical (unpaired) electrons. The first-order chi connectivity index (χ1) is 12.6. The number of hydrogen-bond donors (Lipinski definition) is 0. The molecular formula is C22H27NO3. The van der Waals surface area contributed by atoms with E-state index in [1.165, 1.54) is 5.56 Å². The van der Waals surface area contributed by atoms with E-state index in [1.807, 2.05) is 13.8 Å². The summed E-state index contributed by atoms with van der Waals surface area (Å²) in [5.41, 5.74) is 4.40. The van der Waals surface area contributed by atoms with Gasteiger partial charge in [-0.3, -0.25) is 9.79 Å². The maximum atomic E-state index is 12.8. The third-order valence-corrected chi connectivity index (χ3v) is 5.31. The number of carbonyl (C=O) groups excluding carboxylic acids is 2. The Labute approximate surface area is 155 Å². The number of Topliss-reactive ketones (excluding diaryl/α,β-unsaturated/α-hetero) is 1. The van der Waals surface area contributed by atoms with Crippen LogP contribution in [0.2, 0.25) is 0 Å². The zero-order valence-electron chi connectivity index (χ0n) is 15.9. The van der Waals surface area contributed by atoms with Gasteiger partial charge in [-0.1, -0.05) is 38.1 Å². The maximum Gasteiger partial charge on any atom is 0.336 e. The molecule has 0 spiro atoms. The van der Waals surface area contributed by atoms with Crippen LogP contribution in [0, 0.1) is 5.92 Å². The molecule has 1 aliphatic carbocycles. The van der Waals surface area contributed by atoms with Crippen molar-refractivity contribution in [2.45, 2.75) is 58.8 Å². The summed E-state index contributed by atoms with van der Waals surface area (Å²) in [6.45, 7) is 6.32. The molecule has 0 saturated heterocycles. The van der Waals surface area contributed by atoms with Gasteiger partial charge in [0.05, 0.1) is 18.1 Å². The molecule has 1 aliphatic heterocycles. The molecule has 4 nitrogen and oxygen atoms in total. The molecule has 4 heteroatoms. The predicted octanol–water partition coefficient (Wildman–Crippen LogP) is 4.38. The van der Waals surface area contributed by atoms with Crippen molar-refractivity contribution in [1.29, 1.82) is 0 Å². The topological polar surface area (TPSA) is 55.7 Å². The van der Waals surface area contributed by atoms with Crippen LogP contribution in [-0.4, -0.2) is 24.1 Å². The number of benzene rings is 1. The number of ether oxygens (including phenoxy) is 1. The fourth-order valence-corrected chi connectivity index (χ4v) is 3.98. The van der Waals surface area contributed by atoms with E-state index < -0.39 is 0 Å². The summed E-state index contributed by atoms with van der Waals surface area (Å²) in [4.78, 5) is 30.2. The van der Waals surface area contributed by atoms with Gasteiger partial charge in [0.15, 0.2) is 0 Å². The number of ketones is 1. The van der Waals surface area contributed by atoms with Crippen molar-refractivity contribution < 1.29 is 14.3 Å². The molecule has 26 heavy (non-hydrogen) atoms. The average molecular weight is 353 g/mol. The summed E-state index contributed by atoms with van der Waals surface area (Å²) in [5, 5.41) is 0. The van der Waals surface area contributed by atoms with Crippen LogP contribution in [0.4, 0.5) is 0 Å². The van der Waals surface area contributed by atoms with Crippen LogP contribution in [0.15, 0.2) is 40.5 Å². The van der Waals surface area contributed by atoms with Crippen LogP contribution in [-0.2, 0) is 20.7 Å². The lowest BCUT2D eigenvalue weighted by molar-refractivity contribution is -0.139. The first kappa shape index (κ1) is 18.6. The monoisotopic (exact) mass is 353 g/mol. The van der Waals surface area contributed by atoms with Gasteiger partial charge in [-0.25, -0.2) is 4.79 Å². The van der Waals surface area contributed by atoms with E-state index in [0.717, 1.165) is 37.0 Å². The zero-order chi connectivity index (χ0) is 18.7. The van der Waals surface area contributed by atoms with E-state index in [2.05, 4.69) is 36.2 Å². The second-order valence-electron chi connectivity index (χ2n) is 7.11. The molecule has 2 atom stereocenters. The number of nitrogens with zero attached hydrogens (tertiary/aromatic N) is 1. The summed E-state index contributed by atoms with van der Waals surface area (Å²) >= 11 is 0. The van der Waals surface area contributed by atoms with Crippen LogP contribution in [0.5, 0.6) is 0 Å². The molecule has 0 N–H and O–H groups in total. The summed E-state index contributed by atoms with van der Waals surface area (Å²) in [6.07, 6.45) is 3.96. The van der Waals surface area contributed by atoms with E-state index in [-0.39, 0.29) is 23.6 Å². The van der Waals surface area contributed by atoms with Gasteiger partial charge in [0.1, 0.15) is 5.78 Å². The smallest absolute Gasteiger partial charge is 0.336 e. The van der Waals surface area contributed by atoms with Crippen LogP contribution < -0.4 is 0 Å². The van der Waals surface area contributed by atoms with Crippen molar-refractivity contribution in [2.24, 2.45) is 10.9 Å². The Morgan fingerprint density at radius 1 is 1.15 bits per heavy atom. The third-order valence-electron chi connectivity index (χ3n) is 5.31. The first-order valence-electron chi connectivity index (χ1n) is 9.63. The van der Waals surface area contributed by atoms with E-state index in [9.17, 15) is 9.59 Å². The number of allylic oxidation sites excluding steroid dienone is 1. The lowest BCUT2D eigenvalue weighted by Gasteiger charge is -2.35. The molecule has 1 aromatic carbocycles. The zero-order valence-corrected chi connectivity index (χ0v) is 15.9. The molecule has 2 aliphatic rings. The van der Waals surface area contributed by atoms with Gasteiger partial charge in [0.25, 0.3) is 0 Å². The van der Waals surface area contributed by atoms with Crippen LogP contribution >= 0.6 is 0 Å². The quantitative estimate of drug-likeness (QED) is 0.738. The number of aryl methyl sites for hydroxylation is 1. The van der Waals surface area contributed by atoms with Crippen molar-refractivity contribution in [3.8, 4) is 0 Å². The minimum absolute atomic E-state index is 0.188. The fourth-order valence-electron chi connectivity index (χ4n) is 3.98. The van der Waals surface area contributed by atoms with Crippen LogP contribution in [0.3, 0.4) is 0 Å². The summed E-state index contributed by atoms with van der Waals surface area (Å²) < 4.78 is 5.44. The van der Waals surface area contributed by atoms with E-state index in [1.54, 1.807) is 0 Å². The maximum absolute atomic E-state index is 12.8. The Kier molecular flexibility index (Phi) is 5.70. The minimum Gasteiger partial charge on any atom is -0.462 e. The lowest BCUT2D eigenvalue weighted by atomic mass is 9.69. The van der Waals surface area contributed by atoms with Gasteiger partial charge >= 0.3 is 5.97 Å². The average Bonchev–Trinajstić information content (AvgIpc) is 2.65. The Morgan fingerprint density at radius 2 is 1.88 bits per heavy atom. The Morgan fingerprint density at radius 3 is 2.54 bits per heavy atom. The summed E-state index contributed by atoms with van der Waals surface area (Å²) in [6, 6.07) is 8.26. The number of fused-ring (bicyclic) bond motifs is 1. The van der Waals surface area contributed by atoms with E-state index >= 15 is 0 Å². The fraction of sp³-hybridized carbons (Fsp3) is 0.500. The molecular weight excluding hydrogens is 326 g/mol. The Balaban J connectivity index is 2.08. The van der Waals surface area contributed by atoms with Crippen molar-refractivity contribution in [2.75, 3.05) is 6.61 Å². The molecule has 0 bridgehead atoms. The second kappa shape index (κ2) is 7.98. The highest BCUT2D eigenvalue weighted by molar-refractivity contribution is 6.11. The predicted molar refractivity (Wildman–Crippen MR) is 102 cm³/mol. The largest absolute Gasteiger partial charge is 0.462 e. The highest BCUT2D eigenvalue weighted by Crippen LogP contribution is 2.43. The van der Waals surface area contributed by atoms with Gasteiger partial charge < -0.3 is 4.74 Å². The van der Waals surface area contributed by atoms with Gasteiger partial charge in [0.2, 0.25) is 0 Å². The Bertz CT molecular complexity index is 758. The number of rotatable bonds is 5. The Hall–Kier alpha value is -2.23. The lowest BCUT2D eigenvalue weighted by Crippen LogP contribution is -2.39. The number of hydrogen-bond acceptors (Lipinski definition) is 4. The highest BCUT2D eigenvalue weighted by atomic mass is 16.5. The summed E-state index contributed by atoms with van der Waals surface area (Å²) in [7, 11) is 0. The molecule has 1 aromatic rings. The van der Waals surface area contributed by atoms with E-state index in [0.29, 0.717) is 24.3 Å². The molecule has 2 unspecified atom stereocenters. The van der Waals surface area contributed by atoms with Crippen molar-refractivity contribution in [3.63, 3.8) is 0 Å². The van der Waals surface area contributed by atoms with Gasteiger partial charge in [0, 0.05) is 23.7 Å². The number of esters is 1. The minimum atomic E-state index is -0.338. The molecule has 138 valence electrons. The second-order valence-corrected chi connectivity index (χ2v) is 7.11. The van der Waals surface area contributed by atoms with Crippen LogP contribution in [0.25, 0.3) is 0 Å². The molecule has 1 heterocycles. The standard InChI is InChI=1S/C22H27NO3/c1-4-13-26-22(25)19-14(3)23-17-7-6-8-18(24)21(17)20(19)16-11-9-15(5-2)10-12-16/h9-12,20-21H,4-8,13H2,1-3H3. The SMILES string of the molecule is CCCOC(=O)C1=C(C)N=C2CCCC(=O)C2C1c1ccc(CC)cc1. The van der Waals surface area contributed by atoms with Crippen LogP contribution in [0.1, 0.15) is 63.5 Å². The van der Waals surface area contributed by atoms with Gasteiger partial charge in [-0.2, -0.15) is 0 Å². The molecule has 3 rings (SSSR count). The number of carbonyl (C=O) groups is 2. The van der Waals surface area contributed by atoms with Crippen molar-refractivity contribution >= 4 is 17.5 Å². The molecule has 1 fully saturated rings. The van der Waals surface area contributed by atoms with Crippen molar-refractivity contribution in [3.05, 3.63) is 46.7 Å². The van der Waals surface area contributed by atoms with Gasteiger partial charge in [-0.05, 0) is 43.7 Å². The third kappa shape index (κ3) is 3.50. The molecule has 0 amide bonds.